The average molecular weight is 554 g/mol. The second kappa shape index (κ2) is 7.69. The normalized spacial score (nSPS) is 23.4. The van der Waals surface area contributed by atoms with Gasteiger partial charge in [0.05, 0.1) is 0 Å². The van der Waals surface area contributed by atoms with Crippen molar-refractivity contribution in [2.75, 3.05) is 6.54 Å². The summed E-state index contributed by atoms with van der Waals surface area (Å²) >= 11 is 0.510. The summed E-state index contributed by atoms with van der Waals surface area (Å²) < 4.78 is 2.03. The van der Waals surface area contributed by atoms with E-state index in [-0.39, 0.29) is 42.8 Å². The number of amides is 1. The molecule has 98 valence electrons. The first kappa shape index (κ1) is 16.8. The maximum absolute atomic E-state index is 12.2. The van der Waals surface area contributed by atoms with Crippen molar-refractivity contribution >= 4 is 55.1 Å². The molecule has 1 saturated carbocycles. The molecule has 1 aliphatic carbocycles. The minimum absolute atomic E-state index is 0.0512. The van der Waals surface area contributed by atoms with Gasteiger partial charge < -0.3 is 0 Å². The van der Waals surface area contributed by atoms with Crippen LogP contribution in [0.3, 0.4) is 0 Å². The van der Waals surface area contributed by atoms with Gasteiger partial charge in [-0.2, -0.15) is 0 Å². The van der Waals surface area contributed by atoms with Crippen molar-refractivity contribution in [2.24, 2.45) is 5.92 Å². The average Bonchev–Trinajstić information content (AvgIpc) is 2.46. The Morgan fingerprint density at radius 3 is 2.70 bits per heavy atom. The molecule has 0 spiro atoms. The van der Waals surface area contributed by atoms with E-state index in [4.69, 9.17) is 0 Å². The molecule has 2 aliphatic rings. The van der Waals surface area contributed by atoms with Crippen molar-refractivity contribution in [1.82, 2.24) is 4.90 Å². The Balaban J connectivity index is 2.00. The number of carbonyl (C=O) groups is 1. The van der Waals surface area contributed by atoms with Crippen LogP contribution < -0.4 is -1.37 Å². The number of rotatable bonds is 1. The first-order valence-electron chi connectivity index (χ1n) is 8.03. The van der Waals surface area contributed by atoms with E-state index in [1.54, 1.807) is -1.37 Å². The molecule has 1 aromatic rings. The van der Waals surface area contributed by atoms with Gasteiger partial charge in [0.2, 0.25) is 0 Å². The van der Waals surface area contributed by atoms with Crippen LogP contribution in [-0.2, 0) is 6.42 Å². The molecule has 0 N–H and O–H groups in total. The van der Waals surface area contributed by atoms with E-state index in [0.29, 0.717) is 62.5 Å². The van der Waals surface area contributed by atoms with E-state index < -0.39 is 0 Å². The molecule has 0 saturated heterocycles. The van der Waals surface area contributed by atoms with Crippen LogP contribution in [0.5, 0.6) is 0 Å². The van der Waals surface area contributed by atoms with Crippen molar-refractivity contribution in [2.45, 2.75) is 44.6 Å². The van der Waals surface area contributed by atoms with Crippen LogP contribution in [0.4, 0.5) is 4.79 Å². The number of hydrogen-bond acceptors (Lipinski definition) is 1. The molecular weight excluding hydrogens is 534 g/mol. The zero-order valence-corrected chi connectivity index (χ0v) is 25.8. The molecule has 2 nitrogen and oxygen atoms in total. The van der Waals surface area contributed by atoms with E-state index in [1.807, 2.05) is 0 Å². The summed E-state index contributed by atoms with van der Waals surface area (Å²) in [6.07, 6.45) is 7.83. The van der Waals surface area contributed by atoms with Crippen molar-refractivity contribution in [3.8, 4) is 0 Å². The van der Waals surface area contributed by atoms with Gasteiger partial charge in [-0.3, -0.25) is 0 Å². The SMILES string of the molecule is O=[C]([RaH])N1CCc2cc[c]([Rb])cc2C1C1CCCCC1. The second-order valence-electron chi connectivity index (χ2n) is 6.51. The Morgan fingerprint density at radius 1 is 1.25 bits per heavy atom. The van der Waals surface area contributed by atoms with Crippen LogP contribution in [0.15, 0.2) is 18.2 Å². The third kappa shape index (κ3) is 3.71. The van der Waals surface area contributed by atoms with Gasteiger partial charge in [0.15, 0.2) is 0 Å². The van der Waals surface area contributed by atoms with Crippen molar-refractivity contribution in [3.63, 3.8) is 0 Å². The third-order valence-corrected chi connectivity index (χ3v) is 8.97. The van der Waals surface area contributed by atoms with E-state index in [9.17, 15) is 4.79 Å². The minimum atomic E-state index is -0.0512. The molecule has 1 aromatic carbocycles. The quantitative estimate of drug-likeness (QED) is 0.523. The predicted octanol–water partition coefficient (Wildman–Crippen LogP) is 2.36. The summed E-state index contributed by atoms with van der Waals surface area (Å²) in [7, 11) is 0. The Hall–Kier alpha value is 1.96. The summed E-state index contributed by atoms with van der Waals surface area (Å²) in [5.41, 5.74) is 3.04. The van der Waals surface area contributed by atoms with Gasteiger partial charge in [-0.15, -0.1) is 0 Å². The topological polar surface area (TPSA) is 20.3 Å². The number of benzene rings is 1. The summed E-state index contributed by atoms with van der Waals surface area (Å²) in [4.78, 5) is 14.4. The van der Waals surface area contributed by atoms with Crippen molar-refractivity contribution in [3.05, 3.63) is 29.3 Å². The van der Waals surface area contributed by atoms with Crippen LogP contribution in [0.2, 0.25) is 0 Å². The first-order valence-corrected chi connectivity index (χ1v) is 14.6. The molecule has 4 heteroatoms. The molecule has 1 atom stereocenters. The molecule has 0 bridgehead atoms. The second-order valence-corrected chi connectivity index (χ2v) is 12.9. The Bertz CT molecular complexity index is 513. The van der Waals surface area contributed by atoms with Gasteiger partial charge in [0, 0.05) is 0 Å². The molecule has 1 aliphatic heterocycles. The van der Waals surface area contributed by atoms with Gasteiger partial charge >= 0.3 is 194 Å². The van der Waals surface area contributed by atoms with Crippen LogP contribution >= 0.6 is 0 Å². The fraction of sp³-hybridized carbons (Fsp3) is 0.562. The monoisotopic (exact) mass is 553 g/mol. The van der Waals surface area contributed by atoms with Crippen LogP contribution in [-0.4, -0.2) is 67.9 Å². The number of nitrogens with zero attached hydrogens (tertiary/aromatic N) is 1. The van der Waals surface area contributed by atoms with Crippen LogP contribution in [0, 0.1) is 48.7 Å². The van der Waals surface area contributed by atoms with Gasteiger partial charge in [-0.1, -0.05) is 0 Å². The van der Waals surface area contributed by atoms with Crippen LogP contribution in [0.1, 0.15) is 49.3 Å². The third-order valence-electron chi connectivity index (χ3n) is 5.08. The maximum atomic E-state index is 12.2. The molecular formula is C16H20NORaRb. The molecule has 1 amide bonds. The number of hydrogen-bond donors (Lipinski definition) is 0. The van der Waals surface area contributed by atoms with Crippen molar-refractivity contribution in [1.29, 1.82) is 0 Å². The number of carbonyl (C=O) groups excluding carboxylic acids is 1. The first-order chi connectivity index (χ1) is 9.66. The van der Waals surface area contributed by atoms with Crippen molar-refractivity contribution < 1.29 is 47.6 Å². The van der Waals surface area contributed by atoms with E-state index in [1.165, 1.54) is 43.2 Å². The zero-order valence-electron chi connectivity index (χ0n) is 12.7. The summed E-state index contributed by atoms with van der Waals surface area (Å²) in [6, 6.07) is 7.53. The van der Waals surface area contributed by atoms with Gasteiger partial charge in [0.1, 0.15) is 0 Å². The fourth-order valence-electron chi connectivity index (χ4n) is 4.08. The number of fused-ring (bicyclic) bond motifs is 1. The van der Waals surface area contributed by atoms with Gasteiger partial charge in [-0.05, 0) is 0 Å². The predicted molar refractivity (Wildman–Crippen MR) is 78.3 cm³/mol. The van der Waals surface area contributed by atoms with E-state index >= 15 is 0 Å². The van der Waals surface area contributed by atoms with E-state index in [0.717, 1.165) is 18.9 Å². The molecule has 0 radical (unpaired) electrons. The zero-order chi connectivity index (χ0) is 14.1. The Kier molecular flexibility index (Phi) is 6.46. The molecule has 1 unspecified atom stereocenters. The molecule has 0 aromatic heterocycles. The molecule has 20 heavy (non-hydrogen) atoms. The molecule has 1 fully saturated rings. The van der Waals surface area contributed by atoms with E-state index in [2.05, 4.69) is 23.1 Å². The summed E-state index contributed by atoms with van der Waals surface area (Å²) in [5.74, 6) is 0.721. The van der Waals surface area contributed by atoms with Crippen LogP contribution in [0.25, 0.3) is 0 Å². The molecule has 1 heterocycles. The summed E-state index contributed by atoms with van der Waals surface area (Å²) in [5, 5.41) is 0. The van der Waals surface area contributed by atoms with Gasteiger partial charge in [0.25, 0.3) is 0 Å². The standard InChI is InChI=1S/C16H19NO.Ra.Rb.H/c18-12-17-11-10-13-6-4-5-9-15(13)16(17)14-7-2-1-3-8-14;;;/h4,6,9,14,16H,1-3,7-8,10-11H2;;;. The Labute approximate surface area is 189 Å². The summed E-state index contributed by atoms with van der Waals surface area (Å²) in [6.45, 7) is 0.970. The Morgan fingerprint density at radius 2 is 2.00 bits per heavy atom. The fourth-order valence-corrected chi connectivity index (χ4v) is 7.31. The molecule has 3 rings (SSSR count). The van der Waals surface area contributed by atoms with Gasteiger partial charge in [-0.25, -0.2) is 0 Å².